The molecule has 15 heavy (non-hydrogen) atoms. The van der Waals surface area contributed by atoms with Crippen LogP contribution in [0, 0.1) is 6.92 Å². The molecule has 2 aromatic rings. The van der Waals surface area contributed by atoms with Crippen molar-refractivity contribution in [1.82, 2.24) is 5.16 Å². The fourth-order valence-corrected chi connectivity index (χ4v) is 1.56. The minimum absolute atomic E-state index is 0.290. The fourth-order valence-electron chi connectivity index (χ4n) is 1.43. The highest BCUT2D eigenvalue weighted by Crippen LogP contribution is 2.26. The maximum Gasteiger partial charge on any atom is 0.226 e. The molecular formula is C11H10ClNO2. The van der Waals surface area contributed by atoms with Crippen LogP contribution in [-0.4, -0.2) is 12.3 Å². The number of benzene rings is 1. The number of ether oxygens (including phenoxy) is 1. The Balaban J connectivity index is 2.42. The molecule has 0 atom stereocenters. The van der Waals surface area contributed by atoms with Gasteiger partial charge < -0.3 is 9.26 Å². The van der Waals surface area contributed by atoms with Gasteiger partial charge >= 0.3 is 0 Å². The Bertz CT molecular complexity index is 479. The molecule has 3 nitrogen and oxygen atoms in total. The molecule has 0 aliphatic rings. The summed E-state index contributed by atoms with van der Waals surface area (Å²) in [5.41, 5.74) is 2.74. The molecule has 0 radical (unpaired) electrons. The summed E-state index contributed by atoms with van der Waals surface area (Å²) in [7, 11) is 1.65. The number of aryl methyl sites for hydroxylation is 1. The summed E-state index contributed by atoms with van der Waals surface area (Å²) in [5.74, 6) is 0.855. The van der Waals surface area contributed by atoms with Gasteiger partial charge in [0.2, 0.25) is 5.22 Å². The molecular weight excluding hydrogens is 214 g/mol. The van der Waals surface area contributed by atoms with Gasteiger partial charge in [-0.15, -0.1) is 0 Å². The highest BCUT2D eigenvalue weighted by atomic mass is 35.5. The van der Waals surface area contributed by atoms with Crippen molar-refractivity contribution in [2.75, 3.05) is 7.11 Å². The van der Waals surface area contributed by atoms with Gasteiger partial charge in [-0.2, -0.15) is 0 Å². The highest BCUT2D eigenvalue weighted by molar-refractivity contribution is 6.29. The van der Waals surface area contributed by atoms with Gasteiger partial charge in [0.15, 0.2) is 0 Å². The van der Waals surface area contributed by atoms with Crippen LogP contribution in [-0.2, 0) is 0 Å². The Labute approximate surface area is 92.6 Å². The second-order valence-electron chi connectivity index (χ2n) is 3.20. The van der Waals surface area contributed by atoms with Gasteiger partial charge in [0.25, 0.3) is 0 Å². The van der Waals surface area contributed by atoms with Crippen molar-refractivity contribution >= 4 is 11.6 Å². The average Bonchev–Trinajstić information content (AvgIpc) is 2.65. The lowest BCUT2D eigenvalue weighted by Crippen LogP contribution is -1.87. The van der Waals surface area contributed by atoms with Gasteiger partial charge in [-0.1, -0.05) is 5.16 Å². The van der Waals surface area contributed by atoms with E-state index in [1.54, 1.807) is 13.2 Å². The lowest BCUT2D eigenvalue weighted by atomic mass is 10.1. The maximum absolute atomic E-state index is 5.65. The first kappa shape index (κ1) is 10.1. The van der Waals surface area contributed by atoms with E-state index in [0.29, 0.717) is 5.22 Å². The third-order valence-corrected chi connectivity index (χ3v) is 2.35. The first-order valence-electron chi connectivity index (χ1n) is 4.48. The molecule has 0 unspecified atom stereocenters. The Hall–Kier alpha value is -1.48. The lowest BCUT2D eigenvalue weighted by molar-refractivity contribution is 0.411. The normalized spacial score (nSPS) is 10.3. The van der Waals surface area contributed by atoms with Crippen LogP contribution in [0.15, 0.2) is 28.8 Å². The fraction of sp³-hybridized carbons (Fsp3) is 0.182. The van der Waals surface area contributed by atoms with E-state index < -0.39 is 0 Å². The van der Waals surface area contributed by atoms with Crippen molar-refractivity contribution in [3.8, 4) is 17.0 Å². The Morgan fingerprint density at radius 1 is 1.33 bits per heavy atom. The first-order chi connectivity index (χ1) is 7.20. The van der Waals surface area contributed by atoms with Gasteiger partial charge in [-0.3, -0.25) is 0 Å². The van der Waals surface area contributed by atoms with Gasteiger partial charge in [0.1, 0.15) is 11.4 Å². The summed E-state index contributed by atoms with van der Waals surface area (Å²) in [4.78, 5) is 0. The van der Waals surface area contributed by atoms with Crippen LogP contribution in [0.25, 0.3) is 11.3 Å². The second-order valence-corrected chi connectivity index (χ2v) is 3.57. The number of hydrogen-bond donors (Lipinski definition) is 0. The minimum Gasteiger partial charge on any atom is -0.496 e. The smallest absolute Gasteiger partial charge is 0.226 e. The zero-order valence-corrected chi connectivity index (χ0v) is 9.21. The van der Waals surface area contributed by atoms with Crippen LogP contribution in [0.5, 0.6) is 5.75 Å². The van der Waals surface area contributed by atoms with Crippen molar-refractivity contribution in [3.05, 3.63) is 35.0 Å². The van der Waals surface area contributed by atoms with E-state index in [4.69, 9.17) is 20.9 Å². The molecule has 2 rings (SSSR count). The van der Waals surface area contributed by atoms with Crippen molar-refractivity contribution in [2.45, 2.75) is 6.92 Å². The average molecular weight is 224 g/mol. The third-order valence-electron chi connectivity index (χ3n) is 2.17. The molecule has 1 aromatic carbocycles. The molecule has 0 bridgehead atoms. The molecule has 4 heteroatoms. The summed E-state index contributed by atoms with van der Waals surface area (Å²) < 4.78 is 9.97. The summed E-state index contributed by atoms with van der Waals surface area (Å²) in [6, 6.07) is 7.48. The van der Waals surface area contributed by atoms with Crippen LogP contribution in [0.2, 0.25) is 5.22 Å². The van der Waals surface area contributed by atoms with Gasteiger partial charge in [0, 0.05) is 11.6 Å². The van der Waals surface area contributed by atoms with Crippen molar-refractivity contribution in [1.29, 1.82) is 0 Å². The largest absolute Gasteiger partial charge is 0.496 e. The topological polar surface area (TPSA) is 35.3 Å². The Morgan fingerprint density at radius 2 is 2.13 bits per heavy atom. The number of hydrogen-bond acceptors (Lipinski definition) is 3. The van der Waals surface area contributed by atoms with Crippen LogP contribution in [0.4, 0.5) is 0 Å². The molecule has 0 aliphatic carbocycles. The first-order valence-corrected chi connectivity index (χ1v) is 4.86. The zero-order chi connectivity index (χ0) is 10.8. The summed E-state index contributed by atoms with van der Waals surface area (Å²) >= 11 is 5.65. The number of methoxy groups -OCH3 is 1. The maximum atomic E-state index is 5.65. The van der Waals surface area contributed by atoms with Gasteiger partial charge in [0.05, 0.1) is 7.11 Å². The van der Waals surface area contributed by atoms with E-state index in [2.05, 4.69) is 5.16 Å². The molecule has 1 aromatic heterocycles. The minimum atomic E-state index is 0.290. The van der Waals surface area contributed by atoms with E-state index in [1.165, 1.54) is 0 Å². The van der Waals surface area contributed by atoms with Crippen molar-refractivity contribution in [2.24, 2.45) is 0 Å². The van der Waals surface area contributed by atoms with Crippen LogP contribution in [0.1, 0.15) is 5.56 Å². The summed E-state index contributed by atoms with van der Waals surface area (Å²) in [5, 5.41) is 4.13. The Morgan fingerprint density at radius 3 is 2.67 bits per heavy atom. The highest BCUT2D eigenvalue weighted by Gasteiger charge is 2.06. The number of halogens is 1. The molecule has 0 N–H and O–H groups in total. The molecule has 0 spiro atoms. The van der Waals surface area contributed by atoms with Crippen molar-refractivity contribution in [3.63, 3.8) is 0 Å². The standard InChI is InChI=1S/C11H10ClNO2/c1-7-5-8(3-4-10(7)14-2)9-6-11(12)15-13-9/h3-6H,1-2H3. The molecule has 0 fully saturated rings. The molecule has 78 valence electrons. The van der Waals surface area contributed by atoms with Crippen molar-refractivity contribution < 1.29 is 9.26 Å². The zero-order valence-electron chi connectivity index (χ0n) is 8.45. The third kappa shape index (κ3) is 1.97. The predicted octanol–water partition coefficient (Wildman–Crippen LogP) is 3.31. The number of aromatic nitrogens is 1. The molecule has 0 saturated carbocycles. The van der Waals surface area contributed by atoms with E-state index in [9.17, 15) is 0 Å². The molecule has 1 heterocycles. The SMILES string of the molecule is COc1ccc(-c2cc(Cl)on2)cc1C. The molecule has 0 saturated heterocycles. The summed E-state index contributed by atoms with van der Waals surface area (Å²) in [6.07, 6.45) is 0. The van der Waals surface area contributed by atoms with Gasteiger partial charge in [-0.25, -0.2) is 0 Å². The van der Waals surface area contributed by atoms with E-state index in [1.807, 2.05) is 25.1 Å². The monoisotopic (exact) mass is 223 g/mol. The second kappa shape index (κ2) is 3.95. The molecule has 0 amide bonds. The van der Waals surface area contributed by atoms with Crippen LogP contribution in [0.3, 0.4) is 0 Å². The quantitative estimate of drug-likeness (QED) is 0.784. The Kier molecular flexibility index (Phi) is 2.64. The van der Waals surface area contributed by atoms with Gasteiger partial charge in [-0.05, 0) is 42.3 Å². The van der Waals surface area contributed by atoms with Crippen LogP contribution >= 0.6 is 11.6 Å². The van der Waals surface area contributed by atoms with E-state index in [0.717, 1.165) is 22.6 Å². The van der Waals surface area contributed by atoms with E-state index >= 15 is 0 Å². The number of rotatable bonds is 2. The molecule has 0 aliphatic heterocycles. The predicted molar refractivity (Wildman–Crippen MR) is 58.2 cm³/mol. The lowest BCUT2D eigenvalue weighted by Gasteiger charge is -2.04. The van der Waals surface area contributed by atoms with Crippen LogP contribution < -0.4 is 4.74 Å². The summed E-state index contributed by atoms with van der Waals surface area (Å²) in [6.45, 7) is 1.98. The number of nitrogens with zero attached hydrogens (tertiary/aromatic N) is 1. The van der Waals surface area contributed by atoms with E-state index in [-0.39, 0.29) is 0 Å².